The highest BCUT2D eigenvalue weighted by molar-refractivity contribution is 5.87. The maximum absolute atomic E-state index is 4.81. The maximum Gasteiger partial charge on any atom is 0.205 e. The summed E-state index contributed by atoms with van der Waals surface area (Å²) in [6, 6.07) is 0. The quantitative estimate of drug-likeness (QED) is 0.748. The predicted octanol–water partition coefficient (Wildman–Crippen LogP) is 3.05. The number of nitrogens with zero attached hydrogens (tertiary/aromatic N) is 3. The summed E-state index contributed by atoms with van der Waals surface area (Å²) in [4.78, 5) is 9.60. The fourth-order valence-electron chi connectivity index (χ4n) is 2.54. The molecule has 0 aliphatic carbocycles. The van der Waals surface area contributed by atoms with Gasteiger partial charge in [-0.2, -0.15) is 0 Å². The topological polar surface area (TPSA) is 18.8 Å². The number of rotatable bonds is 3. The molecular weight excluding hydrogens is 210 g/mol. The summed E-state index contributed by atoms with van der Waals surface area (Å²) in [7, 11) is 0. The lowest BCUT2D eigenvalue weighted by atomic mass is 9.92. The lowest BCUT2D eigenvalue weighted by Gasteiger charge is -2.37. The van der Waals surface area contributed by atoms with Crippen molar-refractivity contribution in [2.45, 2.75) is 47.5 Å². The lowest BCUT2D eigenvalue weighted by molar-refractivity contribution is 0.263. The second kappa shape index (κ2) is 4.35. The van der Waals surface area contributed by atoms with Crippen LogP contribution in [0.2, 0.25) is 0 Å². The highest BCUT2D eigenvalue weighted by Gasteiger charge is 2.37. The van der Waals surface area contributed by atoms with Gasteiger partial charge in [0.05, 0.1) is 0 Å². The molecule has 0 N–H and O–H groups in total. The monoisotopic (exact) mass is 235 g/mol. The SMILES string of the molecule is CCCCN1C2=NCC(C)(C)CN2C(C)=C1C. The molecule has 0 spiro atoms. The molecule has 2 aliphatic heterocycles. The predicted molar refractivity (Wildman–Crippen MR) is 72.8 cm³/mol. The Morgan fingerprint density at radius 2 is 1.94 bits per heavy atom. The third kappa shape index (κ3) is 2.20. The first kappa shape index (κ1) is 12.5. The van der Waals surface area contributed by atoms with E-state index in [9.17, 15) is 0 Å². The fourth-order valence-corrected chi connectivity index (χ4v) is 2.54. The summed E-state index contributed by atoms with van der Waals surface area (Å²) < 4.78 is 0. The van der Waals surface area contributed by atoms with Crippen LogP contribution < -0.4 is 0 Å². The Balaban J connectivity index is 2.23. The third-order valence-corrected chi connectivity index (χ3v) is 3.79. The van der Waals surface area contributed by atoms with Crippen LogP contribution in [-0.2, 0) is 0 Å². The summed E-state index contributed by atoms with van der Waals surface area (Å²) >= 11 is 0. The minimum atomic E-state index is 0.297. The van der Waals surface area contributed by atoms with E-state index in [4.69, 9.17) is 4.99 Å². The van der Waals surface area contributed by atoms with Gasteiger partial charge in [0.2, 0.25) is 5.96 Å². The van der Waals surface area contributed by atoms with Gasteiger partial charge >= 0.3 is 0 Å². The first-order chi connectivity index (χ1) is 7.96. The lowest BCUT2D eigenvalue weighted by Crippen LogP contribution is -2.45. The number of unbranched alkanes of at least 4 members (excludes halogenated alkanes) is 1. The zero-order valence-electron chi connectivity index (χ0n) is 11.9. The van der Waals surface area contributed by atoms with Crippen LogP contribution in [0.15, 0.2) is 16.4 Å². The molecule has 0 bridgehead atoms. The van der Waals surface area contributed by atoms with Crippen molar-refractivity contribution in [3.63, 3.8) is 0 Å². The average Bonchev–Trinajstić information content (AvgIpc) is 2.49. The van der Waals surface area contributed by atoms with Crippen molar-refractivity contribution in [2.24, 2.45) is 10.4 Å². The first-order valence-electron chi connectivity index (χ1n) is 6.73. The Labute approximate surface area is 105 Å². The zero-order valence-corrected chi connectivity index (χ0v) is 11.9. The highest BCUT2D eigenvalue weighted by atomic mass is 15.4. The fraction of sp³-hybridized carbons (Fsp3) is 0.786. The van der Waals surface area contributed by atoms with Gasteiger partial charge in [-0.05, 0) is 20.3 Å². The van der Waals surface area contributed by atoms with E-state index in [-0.39, 0.29) is 0 Å². The van der Waals surface area contributed by atoms with Gasteiger partial charge in [-0.15, -0.1) is 0 Å². The molecule has 2 heterocycles. The Kier molecular flexibility index (Phi) is 3.19. The van der Waals surface area contributed by atoms with Crippen molar-refractivity contribution < 1.29 is 0 Å². The molecule has 2 aliphatic rings. The minimum Gasteiger partial charge on any atom is -0.315 e. The zero-order chi connectivity index (χ0) is 12.6. The molecule has 17 heavy (non-hydrogen) atoms. The molecule has 0 saturated carbocycles. The van der Waals surface area contributed by atoms with Crippen LogP contribution in [0.25, 0.3) is 0 Å². The van der Waals surface area contributed by atoms with Crippen LogP contribution in [-0.4, -0.2) is 35.4 Å². The molecule has 0 aromatic heterocycles. The van der Waals surface area contributed by atoms with Crippen molar-refractivity contribution in [3.05, 3.63) is 11.4 Å². The number of hydrogen-bond donors (Lipinski definition) is 0. The van der Waals surface area contributed by atoms with E-state index in [0.717, 1.165) is 19.6 Å². The molecule has 0 saturated heterocycles. The summed E-state index contributed by atoms with van der Waals surface area (Å²) in [6.07, 6.45) is 2.47. The first-order valence-corrected chi connectivity index (χ1v) is 6.73. The maximum atomic E-state index is 4.81. The Morgan fingerprint density at radius 3 is 2.59 bits per heavy atom. The number of allylic oxidation sites excluding steroid dienone is 2. The van der Waals surface area contributed by atoms with Gasteiger partial charge in [-0.3, -0.25) is 4.99 Å². The van der Waals surface area contributed by atoms with Gasteiger partial charge in [0.15, 0.2) is 0 Å². The third-order valence-electron chi connectivity index (χ3n) is 3.79. The van der Waals surface area contributed by atoms with Gasteiger partial charge in [0.25, 0.3) is 0 Å². The van der Waals surface area contributed by atoms with E-state index in [1.807, 2.05) is 0 Å². The van der Waals surface area contributed by atoms with Gasteiger partial charge in [-0.1, -0.05) is 27.2 Å². The van der Waals surface area contributed by atoms with Gasteiger partial charge in [-0.25, -0.2) is 0 Å². The molecule has 0 radical (unpaired) electrons. The summed E-state index contributed by atoms with van der Waals surface area (Å²) in [5, 5.41) is 0. The molecule has 0 atom stereocenters. The van der Waals surface area contributed by atoms with E-state index in [1.54, 1.807) is 0 Å². The van der Waals surface area contributed by atoms with E-state index < -0.39 is 0 Å². The second-order valence-corrected chi connectivity index (χ2v) is 6.04. The van der Waals surface area contributed by atoms with Gasteiger partial charge in [0, 0.05) is 36.4 Å². The van der Waals surface area contributed by atoms with E-state index in [1.165, 1.54) is 30.2 Å². The molecule has 3 heteroatoms. The summed E-state index contributed by atoms with van der Waals surface area (Å²) in [6.45, 7) is 14.4. The number of hydrogen-bond acceptors (Lipinski definition) is 3. The summed E-state index contributed by atoms with van der Waals surface area (Å²) in [5.74, 6) is 1.19. The van der Waals surface area contributed by atoms with Crippen LogP contribution >= 0.6 is 0 Å². The van der Waals surface area contributed by atoms with Crippen LogP contribution in [0.4, 0.5) is 0 Å². The van der Waals surface area contributed by atoms with E-state index in [0.29, 0.717) is 5.41 Å². The molecule has 0 unspecified atom stereocenters. The minimum absolute atomic E-state index is 0.297. The molecule has 96 valence electrons. The molecule has 2 rings (SSSR count). The molecule has 3 nitrogen and oxygen atoms in total. The van der Waals surface area contributed by atoms with Crippen LogP contribution in [0.3, 0.4) is 0 Å². The number of guanidine groups is 1. The van der Waals surface area contributed by atoms with Crippen molar-refractivity contribution in [1.29, 1.82) is 0 Å². The normalized spacial score (nSPS) is 23.0. The van der Waals surface area contributed by atoms with Crippen molar-refractivity contribution >= 4 is 5.96 Å². The van der Waals surface area contributed by atoms with Crippen LogP contribution in [0.5, 0.6) is 0 Å². The van der Waals surface area contributed by atoms with E-state index in [2.05, 4.69) is 44.4 Å². The van der Waals surface area contributed by atoms with Crippen LogP contribution in [0, 0.1) is 5.41 Å². The standard InChI is InChI=1S/C14H25N3/c1-6-7-8-16-11(2)12(3)17-10-14(4,5)9-15-13(16)17/h6-10H2,1-5H3. The largest absolute Gasteiger partial charge is 0.315 e. The molecular formula is C14H25N3. The highest BCUT2D eigenvalue weighted by Crippen LogP contribution is 2.33. The van der Waals surface area contributed by atoms with Gasteiger partial charge in [0.1, 0.15) is 0 Å². The molecule has 0 amide bonds. The Bertz CT molecular complexity index is 366. The number of aliphatic imine (C=N–C) groups is 1. The molecule has 0 aromatic rings. The Hall–Kier alpha value is -0.990. The second-order valence-electron chi connectivity index (χ2n) is 6.04. The smallest absolute Gasteiger partial charge is 0.205 e. The van der Waals surface area contributed by atoms with Crippen LogP contribution in [0.1, 0.15) is 47.5 Å². The summed E-state index contributed by atoms with van der Waals surface area (Å²) in [5.41, 5.74) is 3.06. The van der Waals surface area contributed by atoms with Crippen molar-refractivity contribution in [3.8, 4) is 0 Å². The van der Waals surface area contributed by atoms with Gasteiger partial charge < -0.3 is 9.80 Å². The number of fused-ring (bicyclic) bond motifs is 1. The average molecular weight is 235 g/mol. The molecule has 0 fully saturated rings. The van der Waals surface area contributed by atoms with Crippen molar-refractivity contribution in [1.82, 2.24) is 9.80 Å². The Morgan fingerprint density at radius 1 is 1.24 bits per heavy atom. The van der Waals surface area contributed by atoms with E-state index >= 15 is 0 Å². The van der Waals surface area contributed by atoms with Crippen molar-refractivity contribution in [2.75, 3.05) is 19.6 Å². The molecule has 0 aromatic carbocycles.